The van der Waals surface area contributed by atoms with Crippen LogP contribution in [0.3, 0.4) is 0 Å². The van der Waals surface area contributed by atoms with E-state index < -0.39 is 17.9 Å². The van der Waals surface area contributed by atoms with E-state index in [1.807, 2.05) is 43.3 Å². The van der Waals surface area contributed by atoms with Gasteiger partial charge in [-0.1, -0.05) is 48.0 Å². The maximum Gasteiger partial charge on any atom is 0.313 e. The molecule has 29 heavy (non-hydrogen) atoms. The smallest absolute Gasteiger partial charge is 0.313 e. The van der Waals surface area contributed by atoms with Crippen molar-refractivity contribution in [1.29, 1.82) is 0 Å². The van der Waals surface area contributed by atoms with Crippen molar-refractivity contribution in [2.75, 3.05) is 12.0 Å². The van der Waals surface area contributed by atoms with E-state index in [0.29, 0.717) is 22.6 Å². The van der Waals surface area contributed by atoms with Crippen LogP contribution in [-0.4, -0.2) is 24.1 Å². The van der Waals surface area contributed by atoms with Crippen LogP contribution < -0.4 is 9.64 Å². The first-order valence-electron chi connectivity index (χ1n) is 9.37. The molecule has 5 heteroatoms. The van der Waals surface area contributed by atoms with Gasteiger partial charge in [0.2, 0.25) is 0 Å². The van der Waals surface area contributed by atoms with Gasteiger partial charge in [0, 0.05) is 11.3 Å². The van der Waals surface area contributed by atoms with Crippen molar-refractivity contribution < 1.29 is 19.4 Å². The molecule has 1 heterocycles. The number of aryl methyl sites for hydroxylation is 1. The van der Waals surface area contributed by atoms with Gasteiger partial charge in [0.1, 0.15) is 11.7 Å². The SMILES string of the molecule is COc1ccc([C@@H]2[C@H](C(=O)O)c3ccccc3C(=O)N2c2ccc(C)cc2)cc1. The lowest BCUT2D eigenvalue weighted by atomic mass is 9.79. The lowest BCUT2D eigenvalue weighted by Crippen LogP contribution is -2.45. The molecular weight excluding hydrogens is 366 g/mol. The number of anilines is 1. The summed E-state index contributed by atoms with van der Waals surface area (Å²) < 4.78 is 5.24. The predicted octanol–water partition coefficient (Wildman–Crippen LogP) is 4.57. The Bertz CT molecular complexity index is 1060. The molecule has 0 saturated carbocycles. The Morgan fingerprint density at radius 3 is 2.24 bits per heavy atom. The Morgan fingerprint density at radius 2 is 1.62 bits per heavy atom. The van der Waals surface area contributed by atoms with Gasteiger partial charge in [0.05, 0.1) is 13.2 Å². The summed E-state index contributed by atoms with van der Waals surface area (Å²) in [7, 11) is 1.58. The Morgan fingerprint density at radius 1 is 0.966 bits per heavy atom. The van der Waals surface area contributed by atoms with Crippen LogP contribution in [0.1, 0.15) is 39.0 Å². The van der Waals surface area contributed by atoms with Gasteiger partial charge >= 0.3 is 5.97 Å². The summed E-state index contributed by atoms with van der Waals surface area (Å²) in [5.74, 6) is -1.39. The number of benzene rings is 3. The first-order valence-corrected chi connectivity index (χ1v) is 9.37. The highest BCUT2D eigenvalue weighted by Gasteiger charge is 2.44. The van der Waals surface area contributed by atoms with E-state index in [4.69, 9.17) is 4.74 Å². The molecule has 1 aliphatic rings. The number of fused-ring (bicyclic) bond motifs is 1. The van der Waals surface area contributed by atoms with Crippen molar-refractivity contribution in [3.63, 3.8) is 0 Å². The number of ether oxygens (including phenoxy) is 1. The zero-order chi connectivity index (χ0) is 20.5. The quantitative estimate of drug-likeness (QED) is 0.712. The number of aliphatic carboxylic acids is 1. The van der Waals surface area contributed by atoms with Gasteiger partial charge in [-0.25, -0.2) is 0 Å². The molecule has 0 radical (unpaired) electrons. The summed E-state index contributed by atoms with van der Waals surface area (Å²) >= 11 is 0. The standard InChI is InChI=1S/C24H21NO4/c1-15-7-11-17(12-8-15)25-22(16-9-13-18(29-2)14-10-16)21(24(27)28)19-5-3-4-6-20(19)23(25)26/h3-14,21-22H,1-2H3,(H,27,28)/t21-,22-/m1/s1. The average molecular weight is 387 g/mol. The third kappa shape index (κ3) is 3.25. The lowest BCUT2D eigenvalue weighted by Gasteiger charge is -2.41. The number of amides is 1. The highest BCUT2D eigenvalue weighted by molar-refractivity contribution is 6.11. The topological polar surface area (TPSA) is 66.8 Å². The maximum atomic E-state index is 13.5. The molecule has 0 fully saturated rings. The van der Waals surface area contributed by atoms with Crippen molar-refractivity contribution in [3.05, 3.63) is 95.1 Å². The molecule has 5 nitrogen and oxygen atoms in total. The number of rotatable bonds is 4. The highest BCUT2D eigenvalue weighted by atomic mass is 16.5. The fourth-order valence-electron chi connectivity index (χ4n) is 3.93. The van der Waals surface area contributed by atoms with E-state index in [1.165, 1.54) is 0 Å². The number of carbonyl (C=O) groups excluding carboxylic acids is 1. The molecule has 4 rings (SSSR count). The third-order valence-electron chi connectivity index (χ3n) is 5.37. The minimum Gasteiger partial charge on any atom is -0.497 e. The van der Waals surface area contributed by atoms with Gasteiger partial charge in [-0.05, 0) is 48.4 Å². The molecule has 0 spiro atoms. The third-order valence-corrected chi connectivity index (χ3v) is 5.37. The normalized spacial score (nSPS) is 18.3. The number of methoxy groups -OCH3 is 1. The maximum absolute atomic E-state index is 13.5. The van der Waals surface area contributed by atoms with Crippen molar-refractivity contribution in [1.82, 2.24) is 0 Å². The van der Waals surface area contributed by atoms with Crippen molar-refractivity contribution in [3.8, 4) is 5.75 Å². The van der Waals surface area contributed by atoms with Gasteiger partial charge in [0.15, 0.2) is 0 Å². The van der Waals surface area contributed by atoms with E-state index in [1.54, 1.807) is 48.4 Å². The van der Waals surface area contributed by atoms with Crippen LogP contribution in [0, 0.1) is 6.92 Å². The number of hydrogen-bond donors (Lipinski definition) is 1. The molecule has 0 aromatic heterocycles. The first-order chi connectivity index (χ1) is 14.0. The predicted molar refractivity (Wildman–Crippen MR) is 111 cm³/mol. The molecule has 0 bridgehead atoms. The minimum atomic E-state index is -0.970. The monoisotopic (exact) mass is 387 g/mol. The minimum absolute atomic E-state index is 0.206. The molecule has 3 aromatic carbocycles. The number of carbonyl (C=O) groups is 2. The summed E-state index contributed by atoms with van der Waals surface area (Å²) in [4.78, 5) is 27.5. The summed E-state index contributed by atoms with van der Waals surface area (Å²) in [6, 6.07) is 21.0. The van der Waals surface area contributed by atoms with E-state index in [2.05, 4.69) is 0 Å². The molecule has 1 amide bonds. The van der Waals surface area contributed by atoms with Gasteiger partial charge in [-0.2, -0.15) is 0 Å². The van der Waals surface area contributed by atoms with E-state index in [9.17, 15) is 14.7 Å². The molecule has 1 N–H and O–H groups in total. The van der Waals surface area contributed by atoms with Gasteiger partial charge in [-0.15, -0.1) is 0 Å². The van der Waals surface area contributed by atoms with Crippen LogP contribution in [0.15, 0.2) is 72.8 Å². The van der Waals surface area contributed by atoms with Crippen LogP contribution in [0.4, 0.5) is 5.69 Å². The second kappa shape index (κ2) is 7.43. The molecule has 0 aliphatic carbocycles. The fraction of sp³-hybridized carbons (Fsp3) is 0.167. The molecular formula is C24H21NO4. The summed E-state index contributed by atoms with van der Waals surface area (Å²) in [5, 5.41) is 10.1. The zero-order valence-electron chi connectivity index (χ0n) is 16.2. The zero-order valence-corrected chi connectivity index (χ0v) is 16.2. The molecule has 0 saturated heterocycles. The summed E-state index contributed by atoms with van der Waals surface area (Å²) in [6.07, 6.45) is 0. The van der Waals surface area contributed by atoms with Crippen LogP contribution in [0.5, 0.6) is 5.75 Å². The molecule has 146 valence electrons. The number of carboxylic acids is 1. The lowest BCUT2D eigenvalue weighted by molar-refractivity contribution is -0.139. The van der Waals surface area contributed by atoms with Crippen LogP contribution in [0.2, 0.25) is 0 Å². The van der Waals surface area contributed by atoms with E-state index >= 15 is 0 Å². The second-order valence-corrected chi connectivity index (χ2v) is 7.13. The van der Waals surface area contributed by atoms with Gasteiger partial charge in [0.25, 0.3) is 5.91 Å². The Hall–Kier alpha value is -3.60. The number of hydrogen-bond acceptors (Lipinski definition) is 3. The van der Waals surface area contributed by atoms with Crippen LogP contribution >= 0.6 is 0 Å². The molecule has 3 aromatic rings. The van der Waals surface area contributed by atoms with Crippen LogP contribution in [-0.2, 0) is 4.79 Å². The Kier molecular flexibility index (Phi) is 4.80. The molecule has 2 atom stereocenters. The average Bonchev–Trinajstić information content (AvgIpc) is 2.74. The molecule has 0 unspecified atom stereocenters. The first kappa shape index (κ1) is 18.7. The summed E-state index contributed by atoms with van der Waals surface area (Å²) in [5.41, 5.74) is 3.43. The van der Waals surface area contributed by atoms with E-state index in [0.717, 1.165) is 11.1 Å². The van der Waals surface area contributed by atoms with Crippen LogP contribution in [0.25, 0.3) is 0 Å². The fourth-order valence-corrected chi connectivity index (χ4v) is 3.93. The summed E-state index contributed by atoms with van der Waals surface area (Å²) in [6.45, 7) is 1.97. The number of carboxylic acid groups (broad SMARTS) is 1. The Balaban J connectivity index is 1.95. The van der Waals surface area contributed by atoms with Crippen molar-refractivity contribution in [2.45, 2.75) is 18.9 Å². The van der Waals surface area contributed by atoms with Crippen molar-refractivity contribution in [2.24, 2.45) is 0 Å². The highest BCUT2D eigenvalue weighted by Crippen LogP contribution is 2.45. The molecule has 1 aliphatic heterocycles. The van der Waals surface area contributed by atoms with E-state index in [-0.39, 0.29) is 5.91 Å². The Labute approximate surface area is 169 Å². The second-order valence-electron chi connectivity index (χ2n) is 7.13. The van der Waals surface area contributed by atoms with Gasteiger partial charge in [-0.3, -0.25) is 14.5 Å². The number of nitrogens with zero attached hydrogens (tertiary/aromatic N) is 1. The van der Waals surface area contributed by atoms with Crippen molar-refractivity contribution >= 4 is 17.6 Å². The largest absolute Gasteiger partial charge is 0.497 e. The van der Waals surface area contributed by atoms with Gasteiger partial charge < -0.3 is 9.84 Å².